The summed E-state index contributed by atoms with van der Waals surface area (Å²) in [6.07, 6.45) is 0.826. The maximum atomic E-state index is 12.1. The van der Waals surface area contributed by atoms with E-state index in [4.69, 9.17) is 0 Å². The first-order valence-corrected chi connectivity index (χ1v) is 5.33. The van der Waals surface area contributed by atoms with Gasteiger partial charge < -0.3 is 15.5 Å². The molecule has 0 spiro atoms. The van der Waals surface area contributed by atoms with E-state index in [1.165, 1.54) is 0 Å². The first-order chi connectivity index (χ1) is 6.64. The molecular formula is C10H21N3O. The van der Waals surface area contributed by atoms with Crippen LogP contribution in [-0.2, 0) is 4.79 Å². The number of carbonyl (C=O) groups is 1. The minimum Gasteiger partial charge on any atom is -0.339 e. The van der Waals surface area contributed by atoms with Gasteiger partial charge in [-0.15, -0.1) is 0 Å². The molecule has 1 fully saturated rings. The summed E-state index contributed by atoms with van der Waals surface area (Å²) in [5, 5.41) is 6.36. The van der Waals surface area contributed by atoms with Gasteiger partial charge in [-0.2, -0.15) is 0 Å². The summed E-state index contributed by atoms with van der Waals surface area (Å²) < 4.78 is 0. The van der Waals surface area contributed by atoms with Gasteiger partial charge >= 0.3 is 0 Å². The van der Waals surface area contributed by atoms with Gasteiger partial charge in [0.15, 0.2) is 0 Å². The van der Waals surface area contributed by atoms with Crippen LogP contribution < -0.4 is 10.6 Å². The second kappa shape index (κ2) is 4.75. The Morgan fingerprint density at radius 1 is 1.50 bits per heavy atom. The van der Waals surface area contributed by atoms with Crippen molar-refractivity contribution in [3.05, 3.63) is 0 Å². The molecule has 0 aromatic heterocycles. The van der Waals surface area contributed by atoms with Gasteiger partial charge in [0.25, 0.3) is 0 Å². The zero-order valence-corrected chi connectivity index (χ0v) is 9.39. The van der Waals surface area contributed by atoms with Crippen molar-refractivity contribution in [1.29, 1.82) is 0 Å². The molecule has 4 heteroatoms. The number of hydrogen-bond acceptors (Lipinski definition) is 3. The largest absolute Gasteiger partial charge is 0.339 e. The van der Waals surface area contributed by atoms with Crippen LogP contribution in [0.4, 0.5) is 0 Å². The van der Waals surface area contributed by atoms with Gasteiger partial charge in [-0.1, -0.05) is 6.92 Å². The van der Waals surface area contributed by atoms with Crippen LogP contribution in [0.2, 0.25) is 0 Å². The summed E-state index contributed by atoms with van der Waals surface area (Å²) in [5.74, 6) is 0.226. The lowest BCUT2D eigenvalue weighted by atomic mass is 9.97. The number of nitrogens with one attached hydrogen (secondary N) is 2. The molecule has 0 saturated carbocycles. The maximum Gasteiger partial charge on any atom is 0.242 e. The SMILES string of the molecule is CCC(C)(NC)C(=O)N1CCNCC1. The van der Waals surface area contributed by atoms with Crippen molar-refractivity contribution < 1.29 is 4.79 Å². The highest BCUT2D eigenvalue weighted by molar-refractivity contribution is 5.86. The van der Waals surface area contributed by atoms with Gasteiger partial charge in [-0.25, -0.2) is 0 Å². The molecule has 0 radical (unpaired) electrons. The van der Waals surface area contributed by atoms with Crippen molar-refractivity contribution in [2.45, 2.75) is 25.8 Å². The smallest absolute Gasteiger partial charge is 0.242 e. The van der Waals surface area contributed by atoms with Gasteiger partial charge in [-0.05, 0) is 20.4 Å². The molecule has 1 unspecified atom stereocenters. The van der Waals surface area contributed by atoms with Crippen molar-refractivity contribution in [3.8, 4) is 0 Å². The highest BCUT2D eigenvalue weighted by atomic mass is 16.2. The first-order valence-electron chi connectivity index (χ1n) is 5.33. The van der Waals surface area contributed by atoms with E-state index in [-0.39, 0.29) is 5.91 Å². The van der Waals surface area contributed by atoms with Crippen LogP contribution in [0.5, 0.6) is 0 Å². The predicted molar refractivity (Wildman–Crippen MR) is 57.2 cm³/mol. The van der Waals surface area contributed by atoms with Gasteiger partial charge in [0.2, 0.25) is 5.91 Å². The second-order valence-corrected chi connectivity index (χ2v) is 3.98. The summed E-state index contributed by atoms with van der Waals surface area (Å²) in [7, 11) is 1.85. The Balaban J connectivity index is 2.61. The monoisotopic (exact) mass is 199 g/mol. The molecule has 0 aromatic rings. The number of piperazine rings is 1. The number of likely N-dealkylation sites (N-methyl/N-ethyl adjacent to an activating group) is 1. The van der Waals surface area contributed by atoms with E-state index in [1.807, 2.05) is 25.8 Å². The highest BCUT2D eigenvalue weighted by Gasteiger charge is 2.33. The fraction of sp³-hybridized carbons (Fsp3) is 0.900. The zero-order valence-electron chi connectivity index (χ0n) is 9.39. The Morgan fingerprint density at radius 3 is 2.50 bits per heavy atom. The molecule has 1 rings (SSSR count). The summed E-state index contributed by atoms with van der Waals surface area (Å²) in [4.78, 5) is 14.1. The average molecular weight is 199 g/mol. The molecule has 4 nitrogen and oxygen atoms in total. The van der Waals surface area contributed by atoms with E-state index in [9.17, 15) is 4.79 Å². The lowest BCUT2D eigenvalue weighted by Crippen LogP contribution is -2.58. The van der Waals surface area contributed by atoms with Crippen LogP contribution in [0.3, 0.4) is 0 Å². The van der Waals surface area contributed by atoms with Crippen LogP contribution in [-0.4, -0.2) is 49.6 Å². The normalized spacial score (nSPS) is 21.8. The number of rotatable bonds is 3. The molecular weight excluding hydrogens is 178 g/mol. The van der Waals surface area contributed by atoms with Crippen molar-refractivity contribution in [2.24, 2.45) is 0 Å². The minimum atomic E-state index is -0.392. The highest BCUT2D eigenvalue weighted by Crippen LogP contribution is 2.13. The minimum absolute atomic E-state index is 0.226. The van der Waals surface area contributed by atoms with Gasteiger partial charge in [-0.3, -0.25) is 4.79 Å². The summed E-state index contributed by atoms with van der Waals surface area (Å²) in [5.41, 5.74) is -0.392. The van der Waals surface area contributed by atoms with Crippen molar-refractivity contribution in [3.63, 3.8) is 0 Å². The van der Waals surface area contributed by atoms with Crippen LogP contribution >= 0.6 is 0 Å². The third kappa shape index (κ3) is 2.25. The van der Waals surface area contributed by atoms with E-state index in [0.717, 1.165) is 32.6 Å². The molecule has 0 aromatic carbocycles. The Kier molecular flexibility index (Phi) is 3.89. The Bertz CT molecular complexity index is 196. The quantitative estimate of drug-likeness (QED) is 0.662. The average Bonchev–Trinajstić information content (AvgIpc) is 2.28. The number of amides is 1. The van der Waals surface area contributed by atoms with E-state index in [0.29, 0.717) is 0 Å². The van der Waals surface area contributed by atoms with Crippen LogP contribution in [0.25, 0.3) is 0 Å². The van der Waals surface area contributed by atoms with Crippen LogP contribution in [0.1, 0.15) is 20.3 Å². The summed E-state index contributed by atoms with van der Waals surface area (Å²) in [6, 6.07) is 0. The first kappa shape index (κ1) is 11.5. The van der Waals surface area contributed by atoms with Crippen molar-refractivity contribution in [1.82, 2.24) is 15.5 Å². The zero-order chi connectivity index (χ0) is 10.6. The summed E-state index contributed by atoms with van der Waals surface area (Å²) in [6.45, 7) is 7.49. The molecule has 14 heavy (non-hydrogen) atoms. The van der Waals surface area contributed by atoms with E-state index < -0.39 is 5.54 Å². The number of hydrogen-bond donors (Lipinski definition) is 2. The van der Waals surface area contributed by atoms with Crippen molar-refractivity contribution >= 4 is 5.91 Å². The van der Waals surface area contributed by atoms with Crippen molar-refractivity contribution in [2.75, 3.05) is 33.2 Å². The lowest BCUT2D eigenvalue weighted by Gasteiger charge is -2.36. The molecule has 1 saturated heterocycles. The predicted octanol–water partition coefficient (Wildman–Crippen LogP) is -0.194. The van der Waals surface area contributed by atoms with E-state index in [2.05, 4.69) is 10.6 Å². The fourth-order valence-electron chi connectivity index (χ4n) is 1.65. The number of carbonyl (C=O) groups excluding carboxylic acids is 1. The Hall–Kier alpha value is -0.610. The van der Waals surface area contributed by atoms with Gasteiger partial charge in [0.1, 0.15) is 0 Å². The molecule has 1 aliphatic heterocycles. The topological polar surface area (TPSA) is 44.4 Å². The summed E-state index contributed by atoms with van der Waals surface area (Å²) >= 11 is 0. The van der Waals surface area contributed by atoms with Gasteiger partial charge in [0, 0.05) is 26.2 Å². The van der Waals surface area contributed by atoms with E-state index >= 15 is 0 Å². The molecule has 82 valence electrons. The third-order valence-electron chi connectivity index (χ3n) is 3.14. The molecule has 0 bridgehead atoms. The molecule has 1 atom stereocenters. The van der Waals surface area contributed by atoms with Crippen LogP contribution in [0.15, 0.2) is 0 Å². The maximum absolute atomic E-state index is 12.1. The Morgan fingerprint density at radius 2 is 2.07 bits per heavy atom. The third-order valence-corrected chi connectivity index (χ3v) is 3.14. The lowest BCUT2D eigenvalue weighted by molar-refractivity contribution is -0.138. The number of nitrogens with zero attached hydrogens (tertiary/aromatic N) is 1. The Labute approximate surface area is 86.0 Å². The van der Waals surface area contributed by atoms with Crippen LogP contribution in [0, 0.1) is 0 Å². The molecule has 1 aliphatic rings. The fourth-order valence-corrected chi connectivity index (χ4v) is 1.65. The van der Waals surface area contributed by atoms with Gasteiger partial charge in [0.05, 0.1) is 5.54 Å². The second-order valence-electron chi connectivity index (χ2n) is 3.98. The standard InChI is InChI=1S/C10H21N3O/c1-4-10(2,11-3)9(14)13-7-5-12-6-8-13/h11-12H,4-8H2,1-3H3. The molecule has 1 heterocycles. The van der Waals surface area contributed by atoms with E-state index in [1.54, 1.807) is 0 Å². The molecule has 0 aliphatic carbocycles. The molecule has 1 amide bonds. The molecule has 2 N–H and O–H groups in total.